The highest BCUT2D eigenvalue weighted by atomic mass is 16.5. The van der Waals surface area contributed by atoms with Gasteiger partial charge in [-0.25, -0.2) is 0 Å². The molecule has 2 bridgehead atoms. The number of hydrogen-bond donors (Lipinski definition) is 2. The van der Waals surface area contributed by atoms with Crippen LogP contribution in [0.15, 0.2) is 48.5 Å². The van der Waals surface area contributed by atoms with Gasteiger partial charge in [0.1, 0.15) is 18.2 Å². The van der Waals surface area contributed by atoms with Crippen LogP contribution in [0.4, 0.5) is 5.82 Å². The van der Waals surface area contributed by atoms with Crippen LogP contribution in [0.3, 0.4) is 0 Å². The Balaban J connectivity index is 1.25. The number of piperazine rings is 1. The Morgan fingerprint density at radius 3 is 2.52 bits per heavy atom. The number of nitrogens with one attached hydrogen (secondary N) is 1. The topological polar surface area (TPSA) is 73.8 Å². The van der Waals surface area contributed by atoms with E-state index in [0.717, 1.165) is 57.3 Å². The molecule has 4 saturated heterocycles. The second-order valence-electron chi connectivity index (χ2n) is 12.4. The fourth-order valence-corrected chi connectivity index (χ4v) is 8.04. The van der Waals surface area contributed by atoms with Crippen LogP contribution in [0.1, 0.15) is 44.1 Å². The van der Waals surface area contributed by atoms with Crippen molar-refractivity contribution in [2.24, 2.45) is 0 Å². The van der Waals surface area contributed by atoms with E-state index in [1.807, 2.05) is 18.2 Å². The van der Waals surface area contributed by atoms with E-state index < -0.39 is 0 Å². The normalized spacial score (nSPS) is 23.8. The number of aryl methyl sites for hydroxylation is 1. The number of phenols is 1. The van der Waals surface area contributed by atoms with Crippen LogP contribution in [-0.2, 0) is 0 Å². The summed E-state index contributed by atoms with van der Waals surface area (Å²) in [5.41, 5.74) is 4.25. The quantitative estimate of drug-likeness (QED) is 0.354. The summed E-state index contributed by atoms with van der Waals surface area (Å²) in [5, 5.41) is 17.5. The number of ether oxygens (including phenoxy) is 1. The molecule has 0 amide bonds. The highest BCUT2D eigenvalue weighted by Crippen LogP contribution is 2.41. The molecule has 0 saturated carbocycles. The van der Waals surface area contributed by atoms with Crippen LogP contribution in [0.5, 0.6) is 11.8 Å². The van der Waals surface area contributed by atoms with Crippen molar-refractivity contribution in [3.8, 4) is 22.9 Å². The maximum Gasteiger partial charge on any atom is 0.319 e. The summed E-state index contributed by atoms with van der Waals surface area (Å²) in [7, 11) is 0. The number of phenolic OH excluding ortho intramolecular Hbond substituents is 1. The van der Waals surface area contributed by atoms with E-state index in [-0.39, 0.29) is 11.3 Å². The molecule has 2 atom stereocenters. The van der Waals surface area contributed by atoms with E-state index in [1.54, 1.807) is 0 Å². The summed E-state index contributed by atoms with van der Waals surface area (Å²) in [5.74, 6) is 1.26. The molecule has 4 aromatic rings. The lowest BCUT2D eigenvalue weighted by atomic mass is 9.93. The van der Waals surface area contributed by atoms with Crippen molar-refractivity contribution >= 4 is 27.5 Å². The number of nitrogens with zero attached hydrogens (tertiary/aromatic N) is 4. The molecule has 0 radical (unpaired) electrons. The number of fused-ring (bicyclic) bond motifs is 5. The highest BCUT2D eigenvalue weighted by molar-refractivity contribution is 6.02. The van der Waals surface area contributed by atoms with E-state index in [4.69, 9.17) is 14.7 Å². The van der Waals surface area contributed by atoms with Crippen molar-refractivity contribution in [3.05, 3.63) is 54.1 Å². The fourth-order valence-electron chi connectivity index (χ4n) is 8.04. The molecule has 7 heteroatoms. The van der Waals surface area contributed by atoms with Crippen molar-refractivity contribution in [1.29, 1.82) is 0 Å². The lowest BCUT2D eigenvalue weighted by molar-refractivity contribution is 0.108. The highest BCUT2D eigenvalue weighted by Gasteiger charge is 2.45. The maximum atomic E-state index is 10.6. The molecule has 3 aromatic carbocycles. The Labute approximate surface area is 235 Å². The van der Waals surface area contributed by atoms with Gasteiger partial charge in [-0.15, -0.1) is 0 Å². The fraction of sp³-hybridized carbons (Fsp3) is 0.455. The first-order valence-electron chi connectivity index (χ1n) is 15.0. The van der Waals surface area contributed by atoms with Gasteiger partial charge < -0.3 is 20.1 Å². The minimum absolute atomic E-state index is 0.143. The Bertz CT molecular complexity index is 1600. The third-order valence-electron chi connectivity index (χ3n) is 10.0. The lowest BCUT2D eigenvalue weighted by Crippen LogP contribution is -2.51. The first kappa shape index (κ1) is 24.4. The van der Waals surface area contributed by atoms with Gasteiger partial charge in [-0.3, -0.25) is 4.90 Å². The zero-order valence-corrected chi connectivity index (χ0v) is 23.2. The second-order valence-corrected chi connectivity index (χ2v) is 12.4. The molecule has 4 fully saturated rings. The number of hydrogen-bond acceptors (Lipinski definition) is 7. The molecular weight excluding hydrogens is 498 g/mol. The molecule has 0 spiro atoms. The van der Waals surface area contributed by atoms with Gasteiger partial charge in [-0.1, -0.05) is 30.3 Å². The molecule has 7 nitrogen and oxygen atoms in total. The number of aromatic hydroxyl groups is 1. The minimum atomic E-state index is 0.143. The van der Waals surface area contributed by atoms with Crippen LogP contribution in [0.25, 0.3) is 32.8 Å². The molecule has 1 aromatic heterocycles. The van der Waals surface area contributed by atoms with Gasteiger partial charge in [-0.2, -0.15) is 9.97 Å². The third-order valence-corrected chi connectivity index (χ3v) is 10.0. The Morgan fingerprint density at radius 2 is 1.73 bits per heavy atom. The average Bonchev–Trinajstić information content (AvgIpc) is 3.65. The number of aromatic nitrogens is 2. The molecule has 2 N–H and O–H groups in total. The standard InChI is InChI=1S/C33H37N5O2/c1-21-26(29-17-25(39)16-22-6-2-3-7-27(22)29)10-11-28-30(21)35-32(40-20-33-12-4-14-38(33)15-5-13-33)36-31(28)37-18-23-8-9-24(19-37)34-23/h2-3,6-7,10-11,16-17,23-24,34,39H,4-5,8-9,12-15,18-20H2,1H3/t23-,24+. The number of rotatable bonds is 5. The number of anilines is 1. The molecule has 206 valence electrons. The molecule has 5 heterocycles. The minimum Gasteiger partial charge on any atom is -0.508 e. The van der Waals surface area contributed by atoms with Gasteiger partial charge in [0.15, 0.2) is 0 Å². The summed E-state index contributed by atoms with van der Waals surface area (Å²) in [6.45, 7) is 7.07. The van der Waals surface area contributed by atoms with Crippen LogP contribution in [0.2, 0.25) is 0 Å². The van der Waals surface area contributed by atoms with Gasteiger partial charge in [0.05, 0.1) is 11.1 Å². The van der Waals surface area contributed by atoms with Crippen LogP contribution < -0.4 is 15.0 Å². The monoisotopic (exact) mass is 535 g/mol. The summed E-state index contributed by atoms with van der Waals surface area (Å²) >= 11 is 0. The lowest BCUT2D eigenvalue weighted by Gasteiger charge is -2.35. The van der Waals surface area contributed by atoms with Crippen LogP contribution in [0, 0.1) is 6.92 Å². The molecule has 8 rings (SSSR count). The van der Waals surface area contributed by atoms with Gasteiger partial charge in [0, 0.05) is 30.6 Å². The largest absolute Gasteiger partial charge is 0.508 e. The SMILES string of the molecule is Cc1c(-c2cc(O)cc3ccccc23)ccc2c(N3C[C@H]4CC[C@@H](C3)N4)nc(OCC34CCCN3CCC4)nc12. The van der Waals surface area contributed by atoms with Crippen LogP contribution in [-0.4, -0.2) is 70.4 Å². The van der Waals surface area contributed by atoms with Crippen molar-refractivity contribution in [3.63, 3.8) is 0 Å². The molecule has 0 unspecified atom stereocenters. The maximum absolute atomic E-state index is 10.6. The van der Waals surface area contributed by atoms with E-state index in [9.17, 15) is 5.11 Å². The van der Waals surface area contributed by atoms with Gasteiger partial charge >= 0.3 is 6.01 Å². The van der Waals surface area contributed by atoms with Crippen molar-refractivity contribution in [1.82, 2.24) is 20.2 Å². The molecule has 40 heavy (non-hydrogen) atoms. The number of benzene rings is 3. The second kappa shape index (κ2) is 9.32. The van der Waals surface area contributed by atoms with E-state index in [0.29, 0.717) is 24.7 Å². The average molecular weight is 536 g/mol. The Morgan fingerprint density at radius 1 is 0.950 bits per heavy atom. The van der Waals surface area contributed by atoms with Crippen molar-refractivity contribution < 1.29 is 9.84 Å². The smallest absolute Gasteiger partial charge is 0.319 e. The summed E-state index contributed by atoms with van der Waals surface area (Å²) in [6, 6.07) is 17.8. The first-order chi connectivity index (χ1) is 19.6. The summed E-state index contributed by atoms with van der Waals surface area (Å²) in [6.07, 6.45) is 7.33. The van der Waals surface area contributed by atoms with Gasteiger partial charge in [-0.05, 0) is 104 Å². The molecule has 0 aliphatic carbocycles. The Kier molecular flexibility index (Phi) is 5.68. The van der Waals surface area contributed by atoms with E-state index in [2.05, 4.69) is 52.4 Å². The van der Waals surface area contributed by atoms with Crippen molar-refractivity contribution in [2.45, 2.75) is 63.1 Å². The van der Waals surface area contributed by atoms with E-state index >= 15 is 0 Å². The first-order valence-corrected chi connectivity index (χ1v) is 15.0. The van der Waals surface area contributed by atoms with Gasteiger partial charge in [0.25, 0.3) is 0 Å². The van der Waals surface area contributed by atoms with Crippen molar-refractivity contribution in [2.75, 3.05) is 37.7 Å². The third kappa shape index (κ3) is 3.93. The van der Waals surface area contributed by atoms with Gasteiger partial charge in [0.2, 0.25) is 0 Å². The zero-order valence-electron chi connectivity index (χ0n) is 23.2. The molecule has 4 aliphatic rings. The molecule has 4 aliphatic heterocycles. The zero-order chi connectivity index (χ0) is 26.8. The molecular formula is C33H37N5O2. The summed E-state index contributed by atoms with van der Waals surface area (Å²) < 4.78 is 6.55. The summed E-state index contributed by atoms with van der Waals surface area (Å²) in [4.78, 5) is 15.3. The predicted molar refractivity (Wildman–Crippen MR) is 159 cm³/mol. The van der Waals surface area contributed by atoms with Crippen LogP contribution >= 0.6 is 0 Å². The van der Waals surface area contributed by atoms with E-state index in [1.165, 1.54) is 51.6 Å². The Hall–Kier alpha value is -3.42. The predicted octanol–water partition coefficient (Wildman–Crippen LogP) is 5.41.